The second-order valence-corrected chi connectivity index (χ2v) is 6.68. The Morgan fingerprint density at radius 1 is 1.47 bits per heavy atom. The molecule has 0 aliphatic heterocycles. The van der Waals surface area contributed by atoms with E-state index in [4.69, 9.17) is 0 Å². The molecule has 0 aliphatic rings. The van der Waals surface area contributed by atoms with Crippen LogP contribution in [0.5, 0.6) is 0 Å². The third-order valence-corrected chi connectivity index (χ3v) is 3.08. The van der Waals surface area contributed by atoms with Gasteiger partial charge in [0.2, 0.25) is 0 Å². The van der Waals surface area contributed by atoms with E-state index in [1.807, 2.05) is 16.8 Å². The largest absolute Gasteiger partial charge is 0.391 e. The molecular formula is C13H19BrN4O. The van der Waals surface area contributed by atoms with Crippen LogP contribution in [0.25, 0.3) is 5.65 Å². The van der Waals surface area contributed by atoms with Crippen molar-refractivity contribution in [1.29, 1.82) is 0 Å². The van der Waals surface area contributed by atoms with E-state index in [1.54, 1.807) is 6.20 Å². The lowest BCUT2D eigenvalue weighted by molar-refractivity contribution is 0.132. The average molecular weight is 327 g/mol. The highest BCUT2D eigenvalue weighted by molar-refractivity contribution is 9.10. The minimum Gasteiger partial charge on any atom is -0.391 e. The van der Waals surface area contributed by atoms with Gasteiger partial charge in [0, 0.05) is 25.1 Å². The normalized spacial score (nSPS) is 13.7. The molecule has 2 aromatic heterocycles. The number of imidazole rings is 1. The summed E-state index contributed by atoms with van der Waals surface area (Å²) in [5.74, 6) is 0.673. The zero-order valence-corrected chi connectivity index (χ0v) is 13.0. The minimum absolute atomic E-state index is 0.106. The van der Waals surface area contributed by atoms with Crippen LogP contribution in [-0.4, -0.2) is 32.1 Å². The molecule has 2 aromatic rings. The molecule has 5 nitrogen and oxygen atoms in total. The summed E-state index contributed by atoms with van der Waals surface area (Å²) in [7, 11) is 0. The summed E-state index contributed by atoms with van der Waals surface area (Å²) in [5, 5.41) is 13.2. The third-order valence-electron chi connectivity index (χ3n) is 2.70. The monoisotopic (exact) mass is 326 g/mol. The summed E-state index contributed by atoms with van der Waals surface area (Å²) in [6.45, 7) is 6.80. The Bertz CT molecular complexity index is 561. The molecule has 0 saturated heterocycles. The van der Waals surface area contributed by atoms with E-state index >= 15 is 0 Å². The van der Waals surface area contributed by atoms with E-state index in [1.165, 1.54) is 0 Å². The molecular weight excluding hydrogens is 308 g/mol. The van der Waals surface area contributed by atoms with Gasteiger partial charge in [0.25, 0.3) is 0 Å². The second-order valence-electron chi connectivity index (χ2n) is 5.87. The number of aromatic nitrogens is 3. The lowest BCUT2D eigenvalue weighted by Crippen LogP contribution is -2.25. The van der Waals surface area contributed by atoms with Crippen LogP contribution >= 0.6 is 15.9 Å². The summed E-state index contributed by atoms with van der Waals surface area (Å²) in [6, 6.07) is 0. The molecule has 0 aromatic carbocycles. The van der Waals surface area contributed by atoms with Crippen LogP contribution in [0.2, 0.25) is 0 Å². The van der Waals surface area contributed by atoms with E-state index in [0.29, 0.717) is 12.4 Å². The van der Waals surface area contributed by atoms with Crippen molar-refractivity contribution in [3.05, 3.63) is 23.2 Å². The van der Waals surface area contributed by atoms with Crippen molar-refractivity contribution in [2.24, 2.45) is 5.41 Å². The maximum absolute atomic E-state index is 10.0. The highest BCUT2D eigenvalue weighted by Crippen LogP contribution is 2.21. The summed E-state index contributed by atoms with van der Waals surface area (Å²) in [4.78, 5) is 8.60. The predicted molar refractivity (Wildman–Crippen MR) is 79.3 cm³/mol. The standard InChI is InChI=1S/C13H19BrN4O/c1-13(2,3)6-9(19)7-16-11-12-15-4-5-18(12)8-10(14)17-11/h4-5,8-9,19H,6-7H2,1-3H3,(H,16,17). The number of halogens is 1. The van der Waals surface area contributed by atoms with Crippen LogP contribution in [0.4, 0.5) is 5.82 Å². The Hall–Kier alpha value is -1.14. The summed E-state index contributed by atoms with van der Waals surface area (Å²) in [5.41, 5.74) is 0.861. The number of anilines is 1. The number of rotatable bonds is 4. The van der Waals surface area contributed by atoms with Gasteiger partial charge < -0.3 is 14.8 Å². The molecule has 0 saturated carbocycles. The molecule has 2 N–H and O–H groups in total. The molecule has 0 spiro atoms. The van der Waals surface area contributed by atoms with Gasteiger partial charge in [-0.05, 0) is 27.8 Å². The van der Waals surface area contributed by atoms with Crippen LogP contribution in [0.3, 0.4) is 0 Å². The van der Waals surface area contributed by atoms with E-state index in [-0.39, 0.29) is 5.41 Å². The first-order valence-corrected chi connectivity index (χ1v) is 7.05. The molecule has 6 heteroatoms. The molecule has 1 atom stereocenters. The minimum atomic E-state index is -0.407. The number of nitrogens with zero attached hydrogens (tertiary/aromatic N) is 3. The van der Waals surface area contributed by atoms with Gasteiger partial charge >= 0.3 is 0 Å². The first-order chi connectivity index (χ1) is 8.85. The topological polar surface area (TPSA) is 62.5 Å². The van der Waals surface area contributed by atoms with Gasteiger partial charge in [-0.3, -0.25) is 0 Å². The Morgan fingerprint density at radius 2 is 2.21 bits per heavy atom. The van der Waals surface area contributed by atoms with E-state index < -0.39 is 6.10 Å². The number of fused-ring (bicyclic) bond motifs is 1. The molecule has 1 unspecified atom stereocenters. The average Bonchev–Trinajstić information content (AvgIpc) is 2.71. The molecule has 2 heterocycles. The van der Waals surface area contributed by atoms with Crippen molar-refractivity contribution in [3.63, 3.8) is 0 Å². The van der Waals surface area contributed by atoms with Crippen LogP contribution in [0.15, 0.2) is 23.2 Å². The van der Waals surface area contributed by atoms with Crippen molar-refractivity contribution < 1.29 is 5.11 Å². The lowest BCUT2D eigenvalue weighted by atomic mass is 9.89. The van der Waals surface area contributed by atoms with Gasteiger partial charge in [-0.15, -0.1) is 0 Å². The van der Waals surface area contributed by atoms with Gasteiger partial charge in [0.1, 0.15) is 4.60 Å². The molecule has 0 radical (unpaired) electrons. The number of nitrogens with one attached hydrogen (secondary N) is 1. The van der Waals surface area contributed by atoms with Crippen molar-refractivity contribution in [3.8, 4) is 0 Å². The molecule has 0 fully saturated rings. The smallest absolute Gasteiger partial charge is 0.180 e. The molecule has 0 bridgehead atoms. The van der Waals surface area contributed by atoms with Crippen LogP contribution in [0.1, 0.15) is 27.2 Å². The number of aliphatic hydroxyl groups excluding tert-OH is 1. The van der Waals surface area contributed by atoms with E-state index in [2.05, 4.69) is 52.0 Å². The first-order valence-electron chi connectivity index (χ1n) is 6.26. The molecule has 2 rings (SSSR count). The fraction of sp³-hybridized carbons (Fsp3) is 0.538. The van der Waals surface area contributed by atoms with Crippen LogP contribution in [-0.2, 0) is 0 Å². The number of hydrogen-bond acceptors (Lipinski definition) is 4. The molecule has 0 amide bonds. The quantitative estimate of drug-likeness (QED) is 0.906. The SMILES string of the molecule is CC(C)(C)CC(O)CNc1nc(Br)cn2ccnc12. The van der Waals surface area contributed by atoms with E-state index in [9.17, 15) is 5.11 Å². The summed E-state index contributed by atoms with van der Waals surface area (Å²) in [6.07, 6.45) is 5.76. The fourth-order valence-corrected chi connectivity index (χ4v) is 2.41. The molecule has 19 heavy (non-hydrogen) atoms. The zero-order chi connectivity index (χ0) is 14.0. The van der Waals surface area contributed by atoms with Crippen molar-refractivity contribution in [1.82, 2.24) is 14.4 Å². The van der Waals surface area contributed by atoms with Gasteiger partial charge in [-0.2, -0.15) is 0 Å². The fourth-order valence-electron chi connectivity index (χ4n) is 2.01. The Labute approximate surface area is 121 Å². The summed E-state index contributed by atoms with van der Waals surface area (Å²) < 4.78 is 2.61. The number of hydrogen-bond donors (Lipinski definition) is 2. The second kappa shape index (κ2) is 5.46. The van der Waals surface area contributed by atoms with Gasteiger partial charge in [0.15, 0.2) is 11.5 Å². The molecule has 0 aliphatic carbocycles. The number of aliphatic hydroxyl groups is 1. The first kappa shape index (κ1) is 14.3. The third kappa shape index (κ3) is 3.91. The van der Waals surface area contributed by atoms with E-state index in [0.717, 1.165) is 16.7 Å². The van der Waals surface area contributed by atoms with Crippen LogP contribution in [0, 0.1) is 5.41 Å². The maximum atomic E-state index is 10.0. The highest BCUT2D eigenvalue weighted by atomic mass is 79.9. The Morgan fingerprint density at radius 3 is 2.89 bits per heavy atom. The van der Waals surface area contributed by atoms with Gasteiger partial charge in [-0.1, -0.05) is 20.8 Å². The maximum Gasteiger partial charge on any atom is 0.180 e. The highest BCUT2D eigenvalue weighted by Gasteiger charge is 2.17. The lowest BCUT2D eigenvalue weighted by Gasteiger charge is -2.22. The Kier molecular flexibility index (Phi) is 4.10. The zero-order valence-electron chi connectivity index (χ0n) is 11.4. The van der Waals surface area contributed by atoms with Crippen LogP contribution < -0.4 is 5.32 Å². The van der Waals surface area contributed by atoms with Crippen molar-refractivity contribution in [2.75, 3.05) is 11.9 Å². The Balaban J connectivity index is 2.07. The molecule has 104 valence electrons. The van der Waals surface area contributed by atoms with Gasteiger partial charge in [0.05, 0.1) is 6.10 Å². The summed E-state index contributed by atoms with van der Waals surface area (Å²) >= 11 is 3.36. The predicted octanol–water partition coefficient (Wildman–Crippen LogP) is 2.70. The van der Waals surface area contributed by atoms with Crippen molar-refractivity contribution >= 4 is 27.4 Å². The van der Waals surface area contributed by atoms with Gasteiger partial charge in [-0.25, -0.2) is 9.97 Å². The van der Waals surface area contributed by atoms with Crippen molar-refractivity contribution in [2.45, 2.75) is 33.3 Å².